The van der Waals surface area contributed by atoms with E-state index in [1.165, 1.54) is 173 Å². The third kappa shape index (κ3) is 19.0. The van der Waals surface area contributed by atoms with Crippen LogP contribution < -0.4 is 42.7 Å². The Labute approximate surface area is 435 Å². The molecule has 4 nitrogen and oxygen atoms in total. The van der Waals surface area contributed by atoms with E-state index in [0.29, 0.717) is 0 Å². The van der Waals surface area contributed by atoms with Crippen LogP contribution in [0.15, 0.2) is 97.1 Å². The first-order valence-corrected chi connectivity index (χ1v) is 33.1. The first-order valence-electron chi connectivity index (χ1n) is 25.2. The van der Waals surface area contributed by atoms with Crippen LogP contribution >= 0.6 is 45.1 Å². The summed E-state index contributed by atoms with van der Waals surface area (Å²) in [7, 11) is -2.77. The second-order valence-corrected chi connectivity index (χ2v) is 21.0. The number of hydrogen-bond donors (Lipinski definition) is 0. The monoisotopic (exact) mass is 1230 g/mol. The maximum absolute atomic E-state index is 3.00. The van der Waals surface area contributed by atoms with Crippen LogP contribution in [-0.2, 0) is 0 Å². The average molecular weight is 1230 g/mol. The van der Waals surface area contributed by atoms with Gasteiger partial charge in [0.1, 0.15) is 0 Å². The van der Waals surface area contributed by atoms with Crippen molar-refractivity contribution in [3.05, 3.63) is 119 Å². The molecule has 0 amide bonds. The number of hydrogen-bond acceptors (Lipinski definition) is 4. The third-order valence-electron chi connectivity index (χ3n) is 12.5. The molecule has 0 atom stereocenters. The van der Waals surface area contributed by atoms with Crippen molar-refractivity contribution < 1.29 is 24.0 Å². The molecule has 0 heterocycles. The second-order valence-electron chi connectivity index (χ2n) is 18.0. The minimum absolute atomic E-state index is 0. The molecule has 0 fully saturated rings. The molecule has 0 bridgehead atoms. The standard InChI is InChI=1S/C56H88N4P.I2.HI/c1-9-13-17-21-25-45-57(53-37-29-49(5)30-38-53)61(58(46-26-22-18-14-10-2)54-39-31-50(6)32-40-54,59(47-27-23-19-15-11-3)55-41-33-51(7)34-42-55)60(48-28-24-20-16-12-4)56-43-35-52(8)36-44-56;1-2;/h29-44H,9-28,45-48H2,1-8H3;;1H/q+1;;/p-1. The van der Waals surface area contributed by atoms with E-state index in [0.717, 1.165) is 26.2 Å². The zero-order valence-electron chi connectivity index (χ0n) is 41.6. The van der Waals surface area contributed by atoms with Crippen molar-refractivity contribution >= 4 is 67.8 Å². The summed E-state index contributed by atoms with van der Waals surface area (Å²) in [5, 5.41) is 0. The first kappa shape index (κ1) is 58.8. The van der Waals surface area contributed by atoms with Crippen molar-refractivity contribution in [2.75, 3.05) is 44.9 Å². The average Bonchev–Trinajstić information content (AvgIpc) is 3.30. The molecule has 358 valence electrons. The molecule has 64 heavy (non-hydrogen) atoms. The molecular weight excluding hydrogens is 1140 g/mol. The van der Waals surface area contributed by atoms with Gasteiger partial charge in [-0.3, -0.25) is 0 Å². The first-order chi connectivity index (χ1) is 30.8. The topological polar surface area (TPSA) is 13.0 Å². The number of rotatable bonds is 32. The van der Waals surface area contributed by atoms with Gasteiger partial charge in [0.15, 0.2) is 0 Å². The summed E-state index contributed by atoms with van der Waals surface area (Å²) in [6, 6.07) is 38.7. The highest BCUT2D eigenvalue weighted by Gasteiger charge is 2.63. The Morgan fingerprint density at radius 1 is 0.297 bits per heavy atom. The molecule has 4 aromatic rings. The molecule has 4 rings (SSSR count). The fourth-order valence-corrected chi connectivity index (χ4v) is 13.8. The summed E-state index contributed by atoms with van der Waals surface area (Å²) >= 11 is 4.24. The molecule has 4 aromatic carbocycles. The maximum atomic E-state index is 3.00. The van der Waals surface area contributed by atoms with E-state index in [4.69, 9.17) is 0 Å². The fraction of sp³-hybridized carbons (Fsp3) is 0.571. The molecule has 0 N–H and O–H groups in total. The zero-order chi connectivity index (χ0) is 45.7. The molecule has 0 aliphatic heterocycles. The van der Waals surface area contributed by atoms with Gasteiger partial charge in [0.25, 0.3) is 0 Å². The summed E-state index contributed by atoms with van der Waals surface area (Å²) in [5.41, 5.74) is 10.7. The molecule has 0 aliphatic carbocycles. The van der Waals surface area contributed by atoms with Crippen molar-refractivity contribution in [3.63, 3.8) is 0 Å². The van der Waals surface area contributed by atoms with E-state index in [9.17, 15) is 0 Å². The number of nitrogens with zero attached hydrogens (tertiary/aromatic N) is 4. The van der Waals surface area contributed by atoms with E-state index >= 15 is 0 Å². The van der Waals surface area contributed by atoms with E-state index in [1.54, 1.807) is 0 Å². The Kier molecular flexibility index (Phi) is 32.1. The van der Waals surface area contributed by atoms with Gasteiger partial charge >= 0.3 is 7.87 Å². The predicted molar refractivity (Wildman–Crippen MR) is 304 cm³/mol. The molecule has 0 saturated carbocycles. The maximum Gasteiger partial charge on any atom is 0.405 e. The van der Waals surface area contributed by atoms with E-state index in [1.807, 2.05) is 0 Å². The summed E-state index contributed by atoms with van der Waals surface area (Å²) in [6.45, 7) is 22.4. The molecule has 0 aliphatic rings. The largest absolute Gasteiger partial charge is 1.00 e. The summed E-state index contributed by atoms with van der Waals surface area (Å²) in [6.07, 6.45) is 25.1. The summed E-state index contributed by atoms with van der Waals surface area (Å²) in [5.74, 6) is 0. The lowest BCUT2D eigenvalue weighted by Crippen LogP contribution is -3.00. The fourth-order valence-electron chi connectivity index (χ4n) is 8.78. The summed E-state index contributed by atoms with van der Waals surface area (Å²) < 4.78 is 12.0. The second kappa shape index (κ2) is 34.9. The molecule has 0 unspecified atom stereocenters. The Hall–Kier alpha value is -1.30. The van der Waals surface area contributed by atoms with Crippen molar-refractivity contribution in [2.24, 2.45) is 0 Å². The predicted octanol–water partition coefficient (Wildman–Crippen LogP) is 16.6. The lowest BCUT2D eigenvalue weighted by molar-refractivity contribution is -0.0000131. The minimum atomic E-state index is -2.77. The SMILES string of the molecule is CCCCCCCN(c1ccc(C)cc1)[P+](N(CCCCCCC)c1ccc(C)cc1)(N(CCCCCCC)c1ccc(C)cc1)N(CCCCCCC)c1ccc(C)cc1.II.[I-]. The highest BCUT2D eigenvalue weighted by atomic mass is 128. The highest BCUT2D eigenvalue weighted by molar-refractivity contribution is 15.0. The Morgan fingerprint density at radius 2 is 0.469 bits per heavy atom. The van der Waals surface area contributed by atoms with Crippen molar-refractivity contribution in [2.45, 2.75) is 184 Å². The number of halogens is 3. The lowest BCUT2D eigenvalue weighted by atomic mass is 10.1. The normalized spacial score (nSPS) is 11.1. The zero-order valence-corrected chi connectivity index (χ0v) is 48.9. The quantitative estimate of drug-likeness (QED) is 0.0274. The van der Waals surface area contributed by atoms with Crippen LogP contribution in [0.3, 0.4) is 0 Å². The lowest BCUT2D eigenvalue weighted by Gasteiger charge is -2.53. The van der Waals surface area contributed by atoms with E-state index in [-0.39, 0.29) is 24.0 Å². The highest BCUT2D eigenvalue weighted by Crippen LogP contribution is 2.74. The van der Waals surface area contributed by atoms with Crippen LogP contribution in [0.4, 0.5) is 22.7 Å². The van der Waals surface area contributed by atoms with Gasteiger partial charge in [-0.15, -0.1) is 0 Å². The third-order valence-corrected chi connectivity index (χ3v) is 16.8. The van der Waals surface area contributed by atoms with Gasteiger partial charge < -0.3 is 24.0 Å². The molecular formula is C56H88I3N4P. The molecule has 0 saturated heterocycles. The van der Waals surface area contributed by atoms with Gasteiger partial charge in [0, 0.05) is 37.2 Å². The van der Waals surface area contributed by atoms with Crippen LogP contribution in [0.1, 0.15) is 178 Å². The number of benzene rings is 4. The molecule has 8 heteroatoms. The van der Waals surface area contributed by atoms with Gasteiger partial charge in [-0.25, -0.2) is 0 Å². The van der Waals surface area contributed by atoms with E-state index in [2.05, 4.69) is 208 Å². The molecule has 0 aromatic heterocycles. The Bertz CT molecular complexity index is 1460. The minimum Gasteiger partial charge on any atom is -1.00 e. The smallest absolute Gasteiger partial charge is 0.405 e. The van der Waals surface area contributed by atoms with Crippen LogP contribution in [-0.4, -0.2) is 26.2 Å². The van der Waals surface area contributed by atoms with Crippen LogP contribution in [0.2, 0.25) is 0 Å². The number of anilines is 4. The van der Waals surface area contributed by atoms with Crippen molar-refractivity contribution in [1.82, 2.24) is 0 Å². The van der Waals surface area contributed by atoms with Gasteiger partial charge in [-0.05, 0) is 102 Å². The summed E-state index contributed by atoms with van der Waals surface area (Å²) in [4.78, 5) is 0. The van der Waals surface area contributed by atoms with Crippen LogP contribution in [0.25, 0.3) is 0 Å². The molecule has 0 spiro atoms. The van der Waals surface area contributed by atoms with E-state index < -0.39 is 7.87 Å². The Balaban J connectivity index is 0.00000463. The van der Waals surface area contributed by atoms with Crippen molar-refractivity contribution in [1.29, 1.82) is 0 Å². The van der Waals surface area contributed by atoms with Gasteiger partial charge in [-0.1, -0.05) is 201 Å². The van der Waals surface area contributed by atoms with Crippen LogP contribution in [0, 0.1) is 27.7 Å². The van der Waals surface area contributed by atoms with Crippen LogP contribution in [0.5, 0.6) is 0 Å². The van der Waals surface area contributed by atoms with Gasteiger partial charge in [0.2, 0.25) is 0 Å². The number of aryl methyl sites for hydroxylation is 4. The van der Waals surface area contributed by atoms with Crippen molar-refractivity contribution in [3.8, 4) is 0 Å². The van der Waals surface area contributed by atoms with Gasteiger partial charge in [-0.2, -0.15) is 18.7 Å². The molecule has 0 radical (unpaired) electrons. The Morgan fingerprint density at radius 3 is 0.641 bits per heavy atom. The van der Waals surface area contributed by atoms with Gasteiger partial charge in [0.05, 0.1) is 48.9 Å². The number of unbranched alkanes of at least 4 members (excludes halogenated alkanes) is 16.